The van der Waals surface area contributed by atoms with Crippen molar-refractivity contribution in [1.82, 2.24) is 19.7 Å². The fourth-order valence-electron chi connectivity index (χ4n) is 5.71. The molecule has 3 aromatic carbocycles. The predicted molar refractivity (Wildman–Crippen MR) is 183 cm³/mol. The average molecular weight is 686 g/mol. The number of nitrogens with zero attached hydrogens (tertiary/aromatic N) is 4. The molecular weight excluding hydrogens is 647 g/mol. The molecule has 0 spiro atoms. The van der Waals surface area contributed by atoms with Crippen molar-refractivity contribution in [3.63, 3.8) is 0 Å². The molecule has 1 saturated heterocycles. The number of alkyl halides is 3. The van der Waals surface area contributed by atoms with E-state index in [9.17, 15) is 27.6 Å². The van der Waals surface area contributed by atoms with Crippen LogP contribution in [0.15, 0.2) is 109 Å². The number of amides is 3. The third-order valence-electron chi connectivity index (χ3n) is 8.39. The SMILES string of the molecule is O=C(CO)Nc1ccc(CN(C(=O)C=Cc2ccc(C(F)(F)F)cc2)[C@@H](Cc2ccccc2)C(=O)N2CCN(Cc3ccccc3)CC2)cn1. The molecule has 9 nitrogen and oxygen atoms in total. The van der Waals surface area contributed by atoms with E-state index in [0.717, 1.165) is 24.2 Å². The van der Waals surface area contributed by atoms with Crippen LogP contribution in [-0.4, -0.2) is 81.3 Å². The Balaban J connectivity index is 1.41. The van der Waals surface area contributed by atoms with Gasteiger partial charge in [-0.15, -0.1) is 0 Å². The van der Waals surface area contributed by atoms with Gasteiger partial charge in [0.15, 0.2) is 0 Å². The number of aliphatic hydroxyl groups is 1. The molecule has 12 heteroatoms. The van der Waals surface area contributed by atoms with Gasteiger partial charge < -0.3 is 20.2 Å². The maximum Gasteiger partial charge on any atom is 0.416 e. The molecule has 0 aliphatic carbocycles. The summed E-state index contributed by atoms with van der Waals surface area (Å²) < 4.78 is 39.3. The lowest BCUT2D eigenvalue weighted by atomic mass is 10.0. The van der Waals surface area contributed by atoms with Crippen molar-refractivity contribution in [3.05, 3.63) is 137 Å². The zero-order chi connectivity index (χ0) is 35.5. The average Bonchev–Trinajstić information content (AvgIpc) is 3.13. The van der Waals surface area contributed by atoms with Crippen molar-refractivity contribution in [1.29, 1.82) is 0 Å². The molecule has 2 N–H and O–H groups in total. The second-order valence-corrected chi connectivity index (χ2v) is 12.0. The maximum atomic E-state index is 14.4. The fraction of sp³-hybridized carbons (Fsp3) is 0.263. The summed E-state index contributed by atoms with van der Waals surface area (Å²) in [6.45, 7) is 2.30. The zero-order valence-electron chi connectivity index (χ0n) is 27.3. The van der Waals surface area contributed by atoms with Gasteiger partial charge in [0.05, 0.1) is 5.56 Å². The normalized spacial score (nSPS) is 14.4. The molecule has 260 valence electrons. The van der Waals surface area contributed by atoms with Crippen LogP contribution in [0.2, 0.25) is 0 Å². The molecule has 0 unspecified atom stereocenters. The second kappa shape index (κ2) is 16.9. The number of piperazine rings is 1. The first-order valence-electron chi connectivity index (χ1n) is 16.2. The Morgan fingerprint density at radius 3 is 2.06 bits per heavy atom. The molecule has 0 radical (unpaired) electrons. The highest BCUT2D eigenvalue weighted by Crippen LogP contribution is 2.29. The number of halogens is 3. The van der Waals surface area contributed by atoms with Crippen molar-refractivity contribution in [2.75, 3.05) is 38.1 Å². The number of pyridine rings is 1. The van der Waals surface area contributed by atoms with Crippen LogP contribution in [0.5, 0.6) is 0 Å². The molecule has 1 aliphatic heterocycles. The van der Waals surface area contributed by atoms with Crippen molar-refractivity contribution in [2.45, 2.75) is 31.7 Å². The maximum absolute atomic E-state index is 14.4. The van der Waals surface area contributed by atoms with Gasteiger partial charge in [-0.2, -0.15) is 13.2 Å². The van der Waals surface area contributed by atoms with Gasteiger partial charge in [0, 0.05) is 58.0 Å². The largest absolute Gasteiger partial charge is 0.416 e. The molecule has 1 aliphatic rings. The summed E-state index contributed by atoms with van der Waals surface area (Å²) in [6, 6.07) is 26.2. The van der Waals surface area contributed by atoms with Crippen LogP contribution in [0.4, 0.5) is 19.0 Å². The van der Waals surface area contributed by atoms with E-state index in [2.05, 4.69) is 27.3 Å². The molecule has 4 aromatic rings. The van der Waals surface area contributed by atoms with Crippen LogP contribution in [0.3, 0.4) is 0 Å². The first kappa shape index (κ1) is 36.0. The molecule has 50 heavy (non-hydrogen) atoms. The van der Waals surface area contributed by atoms with Crippen LogP contribution >= 0.6 is 0 Å². The standard InChI is InChI=1S/C38H38F3N5O4/c39-38(40,41)32-15-11-28(12-16-32)14-18-36(49)46(26-31-13-17-34(42-24-31)43-35(48)27-47)33(23-29-7-3-1-4-8-29)37(50)45-21-19-44(20-22-45)25-30-9-5-2-6-10-30/h1-18,24,33,47H,19-23,25-27H2,(H,42,43,48)/t33-/m0/s1. The van der Waals surface area contributed by atoms with E-state index in [-0.39, 0.29) is 24.7 Å². The van der Waals surface area contributed by atoms with Crippen molar-refractivity contribution in [2.24, 2.45) is 0 Å². The molecule has 0 saturated carbocycles. The zero-order valence-corrected chi connectivity index (χ0v) is 27.3. The molecular formula is C38H38F3N5O4. The minimum Gasteiger partial charge on any atom is -0.387 e. The van der Waals surface area contributed by atoms with Gasteiger partial charge in [0.2, 0.25) is 11.8 Å². The molecule has 1 fully saturated rings. The van der Waals surface area contributed by atoms with E-state index in [1.165, 1.54) is 47.0 Å². The minimum absolute atomic E-state index is 0.0192. The topological polar surface area (TPSA) is 106 Å². The molecule has 1 atom stereocenters. The summed E-state index contributed by atoms with van der Waals surface area (Å²) in [4.78, 5) is 49.8. The summed E-state index contributed by atoms with van der Waals surface area (Å²) in [5.41, 5.74) is 2.19. The van der Waals surface area contributed by atoms with Crippen LogP contribution in [-0.2, 0) is 40.1 Å². The number of carbonyl (C=O) groups excluding carboxylic acids is 3. The van der Waals surface area contributed by atoms with Crippen LogP contribution < -0.4 is 5.32 Å². The highest BCUT2D eigenvalue weighted by atomic mass is 19.4. The minimum atomic E-state index is -4.49. The van der Waals surface area contributed by atoms with Gasteiger partial charge in [-0.3, -0.25) is 19.3 Å². The van der Waals surface area contributed by atoms with E-state index >= 15 is 0 Å². The number of benzene rings is 3. The number of rotatable bonds is 12. The summed E-state index contributed by atoms with van der Waals surface area (Å²) in [5, 5.41) is 11.5. The number of carbonyl (C=O) groups is 3. The summed E-state index contributed by atoms with van der Waals surface area (Å²) >= 11 is 0. The summed E-state index contributed by atoms with van der Waals surface area (Å²) in [5.74, 6) is -1.16. The van der Waals surface area contributed by atoms with Gasteiger partial charge in [0.1, 0.15) is 18.5 Å². The van der Waals surface area contributed by atoms with Crippen LogP contribution in [0.25, 0.3) is 6.08 Å². The van der Waals surface area contributed by atoms with E-state index < -0.39 is 36.2 Å². The molecule has 5 rings (SSSR count). The molecule has 0 bridgehead atoms. The monoisotopic (exact) mass is 685 g/mol. The van der Waals surface area contributed by atoms with Gasteiger partial charge >= 0.3 is 6.18 Å². The third kappa shape index (κ3) is 10.1. The Bertz CT molecular complexity index is 1740. The number of nitrogens with one attached hydrogen (secondary N) is 1. The number of hydrogen-bond donors (Lipinski definition) is 2. The van der Waals surface area contributed by atoms with Crippen molar-refractivity contribution >= 4 is 29.6 Å². The number of aliphatic hydroxyl groups excluding tert-OH is 1. The smallest absolute Gasteiger partial charge is 0.387 e. The van der Waals surface area contributed by atoms with Crippen molar-refractivity contribution in [3.8, 4) is 0 Å². The highest BCUT2D eigenvalue weighted by Gasteiger charge is 2.34. The Morgan fingerprint density at radius 2 is 1.48 bits per heavy atom. The third-order valence-corrected chi connectivity index (χ3v) is 8.39. The van der Waals surface area contributed by atoms with Crippen LogP contribution in [0, 0.1) is 0 Å². The Hall–Kier alpha value is -5.33. The van der Waals surface area contributed by atoms with Crippen molar-refractivity contribution < 1.29 is 32.7 Å². The molecule has 3 amide bonds. The van der Waals surface area contributed by atoms with Gasteiger partial charge in [0.25, 0.3) is 5.91 Å². The first-order chi connectivity index (χ1) is 24.1. The van der Waals surface area contributed by atoms with Gasteiger partial charge in [-0.25, -0.2) is 4.98 Å². The second-order valence-electron chi connectivity index (χ2n) is 12.0. The van der Waals surface area contributed by atoms with E-state index in [0.29, 0.717) is 37.3 Å². The Labute approximate surface area is 288 Å². The van der Waals surface area contributed by atoms with E-state index in [1.54, 1.807) is 11.0 Å². The van der Waals surface area contributed by atoms with E-state index in [4.69, 9.17) is 5.11 Å². The number of hydrogen-bond acceptors (Lipinski definition) is 6. The van der Waals surface area contributed by atoms with Crippen LogP contribution in [0.1, 0.15) is 27.8 Å². The number of anilines is 1. The lowest BCUT2D eigenvalue weighted by Crippen LogP contribution is -2.56. The lowest BCUT2D eigenvalue weighted by Gasteiger charge is -2.39. The van der Waals surface area contributed by atoms with Gasteiger partial charge in [-0.1, -0.05) is 78.9 Å². The van der Waals surface area contributed by atoms with Gasteiger partial charge in [-0.05, 0) is 46.5 Å². The van der Waals surface area contributed by atoms with E-state index in [1.807, 2.05) is 48.5 Å². The highest BCUT2D eigenvalue weighted by molar-refractivity contribution is 5.96. The summed E-state index contributed by atoms with van der Waals surface area (Å²) in [6.07, 6.45) is -0.110. The molecule has 1 aromatic heterocycles. The predicted octanol–water partition coefficient (Wildman–Crippen LogP) is 5.03. The first-order valence-corrected chi connectivity index (χ1v) is 16.2. The fourth-order valence-corrected chi connectivity index (χ4v) is 5.71. The Morgan fingerprint density at radius 1 is 0.840 bits per heavy atom. The summed E-state index contributed by atoms with van der Waals surface area (Å²) in [7, 11) is 0. The molecule has 2 heterocycles. The number of aromatic nitrogens is 1. The Kier molecular flexibility index (Phi) is 12.1. The quantitative estimate of drug-likeness (QED) is 0.203. The lowest BCUT2D eigenvalue weighted by molar-refractivity contribution is -0.145.